The SMILES string of the molecule is O=C(CSc1nccn2nc(-c3cccs3)cc12)NCCc1ccc(Cl)cc1. The molecular formula is C20H17ClN4OS2. The predicted molar refractivity (Wildman–Crippen MR) is 115 cm³/mol. The van der Waals surface area contributed by atoms with E-state index in [1.54, 1.807) is 17.5 Å². The molecule has 4 rings (SSSR count). The predicted octanol–water partition coefficient (Wildman–Crippen LogP) is 4.56. The van der Waals surface area contributed by atoms with Crippen LogP contribution in [0.15, 0.2) is 65.3 Å². The van der Waals surface area contributed by atoms with E-state index in [-0.39, 0.29) is 5.91 Å². The third-order valence-corrected chi connectivity index (χ3v) is 6.26. The lowest BCUT2D eigenvalue weighted by atomic mass is 10.1. The highest BCUT2D eigenvalue weighted by atomic mass is 35.5. The van der Waals surface area contributed by atoms with E-state index in [1.165, 1.54) is 11.8 Å². The highest BCUT2D eigenvalue weighted by Crippen LogP contribution is 2.28. The normalized spacial score (nSPS) is 11.0. The van der Waals surface area contributed by atoms with Gasteiger partial charge in [0, 0.05) is 24.0 Å². The first-order valence-electron chi connectivity index (χ1n) is 8.71. The molecule has 0 atom stereocenters. The lowest BCUT2D eigenvalue weighted by Crippen LogP contribution is -2.27. The number of hydrogen-bond acceptors (Lipinski definition) is 5. The van der Waals surface area contributed by atoms with Crippen LogP contribution in [0.1, 0.15) is 5.56 Å². The van der Waals surface area contributed by atoms with Gasteiger partial charge in [0.15, 0.2) is 0 Å². The number of thioether (sulfide) groups is 1. The van der Waals surface area contributed by atoms with Crippen molar-refractivity contribution in [3.8, 4) is 10.6 Å². The highest BCUT2D eigenvalue weighted by molar-refractivity contribution is 8.00. The maximum absolute atomic E-state index is 12.2. The van der Waals surface area contributed by atoms with Crippen LogP contribution in [0.5, 0.6) is 0 Å². The highest BCUT2D eigenvalue weighted by Gasteiger charge is 2.11. The second-order valence-electron chi connectivity index (χ2n) is 6.08. The molecule has 3 heterocycles. The smallest absolute Gasteiger partial charge is 0.230 e. The molecule has 0 aliphatic heterocycles. The Bertz CT molecular complexity index is 1080. The fourth-order valence-corrected chi connectivity index (χ4v) is 4.35. The maximum atomic E-state index is 12.2. The number of rotatable bonds is 7. The van der Waals surface area contributed by atoms with Crippen molar-refractivity contribution < 1.29 is 4.79 Å². The summed E-state index contributed by atoms with van der Waals surface area (Å²) in [6.45, 7) is 0.591. The molecule has 0 unspecified atom stereocenters. The molecule has 8 heteroatoms. The van der Waals surface area contributed by atoms with Crippen molar-refractivity contribution in [3.63, 3.8) is 0 Å². The molecule has 28 heavy (non-hydrogen) atoms. The number of benzene rings is 1. The number of halogens is 1. The van der Waals surface area contributed by atoms with E-state index < -0.39 is 0 Å². The van der Waals surface area contributed by atoms with Gasteiger partial charge in [0.2, 0.25) is 5.91 Å². The van der Waals surface area contributed by atoms with Gasteiger partial charge in [-0.15, -0.1) is 11.3 Å². The molecule has 1 aromatic carbocycles. The summed E-state index contributed by atoms with van der Waals surface area (Å²) in [6, 6.07) is 13.7. The molecular weight excluding hydrogens is 412 g/mol. The van der Waals surface area contributed by atoms with Crippen LogP contribution in [-0.4, -0.2) is 32.8 Å². The van der Waals surface area contributed by atoms with Gasteiger partial charge >= 0.3 is 0 Å². The van der Waals surface area contributed by atoms with Crippen molar-refractivity contribution in [2.75, 3.05) is 12.3 Å². The lowest BCUT2D eigenvalue weighted by molar-refractivity contribution is -0.118. The van der Waals surface area contributed by atoms with Crippen molar-refractivity contribution in [2.45, 2.75) is 11.4 Å². The summed E-state index contributed by atoms with van der Waals surface area (Å²) in [5.41, 5.74) is 2.96. The van der Waals surface area contributed by atoms with Gasteiger partial charge in [-0.1, -0.05) is 41.6 Å². The minimum atomic E-state index is -0.0132. The number of carbonyl (C=O) groups excluding carboxylic acids is 1. The van der Waals surface area contributed by atoms with Crippen LogP contribution >= 0.6 is 34.7 Å². The zero-order valence-electron chi connectivity index (χ0n) is 14.8. The molecule has 0 saturated heterocycles. The standard InChI is InChI=1S/C20H17ClN4OS2/c21-15-5-3-14(4-6-15)7-8-22-19(26)13-28-20-17-12-16(18-2-1-11-27-18)24-25(17)10-9-23-20/h1-6,9-12H,7-8,13H2,(H,22,26). The van der Waals surface area contributed by atoms with Crippen LogP contribution in [0.2, 0.25) is 5.02 Å². The van der Waals surface area contributed by atoms with Gasteiger partial charge in [0.1, 0.15) is 10.7 Å². The number of carbonyl (C=O) groups is 1. The quantitative estimate of drug-likeness (QED) is 0.438. The van der Waals surface area contributed by atoms with E-state index in [4.69, 9.17) is 11.6 Å². The van der Waals surface area contributed by atoms with Crippen LogP contribution in [0.3, 0.4) is 0 Å². The van der Waals surface area contributed by atoms with Gasteiger partial charge in [0.05, 0.1) is 16.1 Å². The Morgan fingerprint density at radius 3 is 2.89 bits per heavy atom. The zero-order chi connectivity index (χ0) is 19.3. The van der Waals surface area contributed by atoms with Crippen molar-refractivity contribution in [2.24, 2.45) is 0 Å². The van der Waals surface area contributed by atoms with Gasteiger partial charge in [-0.2, -0.15) is 5.10 Å². The molecule has 0 radical (unpaired) electrons. The van der Waals surface area contributed by atoms with Crippen molar-refractivity contribution in [1.29, 1.82) is 0 Å². The topological polar surface area (TPSA) is 59.3 Å². The Labute approximate surface area is 175 Å². The van der Waals surface area contributed by atoms with E-state index in [0.29, 0.717) is 17.3 Å². The van der Waals surface area contributed by atoms with E-state index in [1.807, 2.05) is 58.6 Å². The Balaban J connectivity index is 1.34. The van der Waals surface area contributed by atoms with Crippen molar-refractivity contribution >= 4 is 46.1 Å². The molecule has 1 amide bonds. The summed E-state index contributed by atoms with van der Waals surface area (Å²) in [7, 11) is 0. The molecule has 1 N–H and O–H groups in total. The van der Waals surface area contributed by atoms with E-state index >= 15 is 0 Å². The Morgan fingerprint density at radius 1 is 1.25 bits per heavy atom. The molecule has 3 aromatic heterocycles. The summed E-state index contributed by atoms with van der Waals surface area (Å²) >= 11 is 8.95. The summed E-state index contributed by atoms with van der Waals surface area (Å²) in [4.78, 5) is 17.7. The molecule has 0 bridgehead atoms. The Kier molecular flexibility index (Phi) is 5.95. The number of aromatic nitrogens is 3. The molecule has 0 fully saturated rings. The number of amides is 1. The summed E-state index contributed by atoms with van der Waals surface area (Å²) in [5.74, 6) is 0.299. The lowest BCUT2D eigenvalue weighted by Gasteiger charge is -2.06. The van der Waals surface area contributed by atoms with Crippen LogP contribution in [-0.2, 0) is 11.2 Å². The maximum Gasteiger partial charge on any atom is 0.230 e. The third-order valence-electron chi connectivity index (χ3n) is 4.12. The molecule has 0 saturated carbocycles. The second-order valence-corrected chi connectivity index (χ2v) is 8.43. The van der Waals surface area contributed by atoms with Gasteiger partial charge in [0.25, 0.3) is 0 Å². The van der Waals surface area contributed by atoms with E-state index in [2.05, 4.69) is 15.4 Å². The van der Waals surface area contributed by atoms with Crippen LogP contribution in [0.25, 0.3) is 16.1 Å². The molecule has 0 aliphatic rings. The molecule has 0 aliphatic carbocycles. The minimum absolute atomic E-state index is 0.0132. The second kappa shape index (κ2) is 8.77. The van der Waals surface area contributed by atoms with Gasteiger partial charge in [-0.05, 0) is 41.6 Å². The first-order chi connectivity index (χ1) is 13.7. The average Bonchev–Trinajstić information content (AvgIpc) is 3.37. The van der Waals surface area contributed by atoms with Crippen molar-refractivity contribution in [3.05, 3.63) is 70.8 Å². The van der Waals surface area contributed by atoms with E-state index in [0.717, 1.165) is 33.1 Å². The molecule has 5 nitrogen and oxygen atoms in total. The third kappa shape index (κ3) is 4.55. The Morgan fingerprint density at radius 2 is 2.11 bits per heavy atom. The first-order valence-corrected chi connectivity index (χ1v) is 11.0. The minimum Gasteiger partial charge on any atom is -0.355 e. The van der Waals surface area contributed by atoms with Crippen LogP contribution in [0.4, 0.5) is 0 Å². The first kappa shape index (κ1) is 19.0. The number of nitrogens with one attached hydrogen (secondary N) is 1. The van der Waals surface area contributed by atoms with Gasteiger partial charge in [-0.25, -0.2) is 9.50 Å². The fourth-order valence-electron chi connectivity index (χ4n) is 2.74. The summed E-state index contributed by atoms with van der Waals surface area (Å²) < 4.78 is 1.81. The fraction of sp³-hybridized carbons (Fsp3) is 0.150. The summed E-state index contributed by atoms with van der Waals surface area (Å²) in [6.07, 6.45) is 4.30. The van der Waals surface area contributed by atoms with Crippen molar-refractivity contribution in [1.82, 2.24) is 19.9 Å². The molecule has 0 spiro atoms. The average molecular weight is 429 g/mol. The molecule has 4 aromatic rings. The number of nitrogens with zero attached hydrogens (tertiary/aromatic N) is 3. The number of hydrogen-bond donors (Lipinski definition) is 1. The molecule has 142 valence electrons. The van der Waals surface area contributed by atoms with E-state index in [9.17, 15) is 4.79 Å². The van der Waals surface area contributed by atoms with Crippen LogP contribution in [0, 0.1) is 0 Å². The largest absolute Gasteiger partial charge is 0.355 e. The Hall–Kier alpha value is -2.35. The zero-order valence-corrected chi connectivity index (χ0v) is 17.2. The number of thiophene rings is 1. The van der Waals surface area contributed by atoms with Crippen LogP contribution < -0.4 is 5.32 Å². The van der Waals surface area contributed by atoms with Gasteiger partial charge < -0.3 is 5.32 Å². The summed E-state index contributed by atoms with van der Waals surface area (Å²) in [5, 5.41) is 11.1. The monoisotopic (exact) mass is 428 g/mol. The number of fused-ring (bicyclic) bond motifs is 1. The van der Waals surface area contributed by atoms with Gasteiger partial charge in [-0.3, -0.25) is 4.79 Å².